The molecule has 1 aliphatic heterocycles. The van der Waals surface area contributed by atoms with Crippen LogP contribution in [0.5, 0.6) is 0 Å². The molecule has 0 aromatic rings. The molecule has 1 atom stereocenters. The molecule has 9 heavy (non-hydrogen) atoms. The molecule has 1 fully saturated rings. The first-order valence-electron chi connectivity index (χ1n) is 2.71. The number of hydrogen-bond donors (Lipinski definition) is 0. The van der Waals surface area contributed by atoms with E-state index >= 15 is 0 Å². The molecule has 0 saturated carbocycles. The average Bonchev–Trinajstić information content (AvgIpc) is 1.90. The molecule has 1 heterocycles. The molecule has 1 aliphatic rings. The van der Waals surface area contributed by atoms with Gasteiger partial charge >= 0.3 is 0 Å². The van der Waals surface area contributed by atoms with Crippen LogP contribution in [0.1, 0.15) is 0 Å². The maximum atomic E-state index is 10.0. The Labute approximate surface area is 52.4 Å². The zero-order chi connectivity index (χ0) is 6.69. The number of aliphatic carboxylic acids is 1. The standard InChI is InChI=1S/C5H8O4/c6-5(7)4-3-8-1-2-9-4/h4H,1-3H2,(H,6,7)/p-1. The highest BCUT2D eigenvalue weighted by molar-refractivity contribution is 5.70. The van der Waals surface area contributed by atoms with Gasteiger partial charge in [0, 0.05) is 0 Å². The summed E-state index contributed by atoms with van der Waals surface area (Å²) < 4.78 is 9.55. The van der Waals surface area contributed by atoms with E-state index in [-0.39, 0.29) is 6.61 Å². The molecule has 4 nitrogen and oxygen atoms in total. The Morgan fingerprint density at radius 1 is 1.56 bits per heavy atom. The zero-order valence-electron chi connectivity index (χ0n) is 4.83. The number of carboxylic acids is 1. The van der Waals surface area contributed by atoms with Crippen LogP contribution in [0.3, 0.4) is 0 Å². The van der Waals surface area contributed by atoms with Crippen molar-refractivity contribution < 1.29 is 19.4 Å². The van der Waals surface area contributed by atoms with Crippen LogP contribution in [-0.2, 0) is 14.3 Å². The third kappa shape index (κ3) is 1.65. The molecule has 4 heteroatoms. The Bertz CT molecular complexity index is 106. The van der Waals surface area contributed by atoms with Gasteiger partial charge in [-0.25, -0.2) is 0 Å². The van der Waals surface area contributed by atoms with Crippen molar-refractivity contribution in [3.8, 4) is 0 Å². The van der Waals surface area contributed by atoms with Crippen LogP contribution in [0.25, 0.3) is 0 Å². The lowest BCUT2D eigenvalue weighted by molar-refractivity contribution is -0.321. The molecule has 0 radical (unpaired) electrons. The molecule has 52 valence electrons. The monoisotopic (exact) mass is 131 g/mol. The van der Waals surface area contributed by atoms with Gasteiger partial charge in [0.15, 0.2) is 0 Å². The molecule has 0 aromatic carbocycles. The van der Waals surface area contributed by atoms with Gasteiger partial charge in [-0.05, 0) is 0 Å². The van der Waals surface area contributed by atoms with Gasteiger partial charge in [-0.2, -0.15) is 0 Å². The van der Waals surface area contributed by atoms with Crippen molar-refractivity contribution in [3.05, 3.63) is 0 Å². The molecule has 0 bridgehead atoms. The van der Waals surface area contributed by atoms with Gasteiger partial charge in [-0.1, -0.05) is 0 Å². The number of ether oxygens (including phenoxy) is 2. The number of hydrogen-bond acceptors (Lipinski definition) is 4. The Kier molecular flexibility index (Phi) is 2.02. The Balaban J connectivity index is 2.31. The molecular formula is C5H7O4-. The van der Waals surface area contributed by atoms with E-state index in [9.17, 15) is 9.90 Å². The largest absolute Gasteiger partial charge is 0.547 e. The summed E-state index contributed by atoms with van der Waals surface area (Å²) in [5.41, 5.74) is 0. The Morgan fingerprint density at radius 3 is 2.67 bits per heavy atom. The van der Waals surface area contributed by atoms with E-state index in [1.165, 1.54) is 0 Å². The fourth-order valence-electron chi connectivity index (χ4n) is 0.624. The molecular weight excluding hydrogens is 124 g/mol. The van der Waals surface area contributed by atoms with E-state index in [4.69, 9.17) is 9.47 Å². The second kappa shape index (κ2) is 2.80. The van der Waals surface area contributed by atoms with E-state index < -0.39 is 12.1 Å². The minimum absolute atomic E-state index is 0.113. The zero-order valence-corrected chi connectivity index (χ0v) is 4.83. The number of carbonyl (C=O) groups is 1. The molecule has 0 aliphatic carbocycles. The summed E-state index contributed by atoms with van der Waals surface area (Å²) in [6.07, 6.45) is -0.862. The first kappa shape index (κ1) is 6.51. The molecule has 0 aromatic heterocycles. The second-order valence-electron chi connectivity index (χ2n) is 1.75. The maximum Gasteiger partial charge on any atom is 0.120 e. The van der Waals surface area contributed by atoms with Crippen LogP contribution in [0.4, 0.5) is 0 Å². The highest BCUT2D eigenvalue weighted by Crippen LogP contribution is 1.97. The number of carboxylic acid groups (broad SMARTS) is 1. The predicted octanol–water partition coefficient (Wildman–Crippen LogP) is -1.85. The van der Waals surface area contributed by atoms with Gasteiger partial charge in [-0.3, -0.25) is 0 Å². The maximum absolute atomic E-state index is 10.0. The van der Waals surface area contributed by atoms with E-state index in [0.29, 0.717) is 13.2 Å². The minimum Gasteiger partial charge on any atom is -0.547 e. The van der Waals surface area contributed by atoms with Gasteiger partial charge < -0.3 is 19.4 Å². The first-order valence-corrected chi connectivity index (χ1v) is 2.71. The minimum atomic E-state index is -1.20. The van der Waals surface area contributed by atoms with Crippen molar-refractivity contribution in [1.29, 1.82) is 0 Å². The van der Waals surface area contributed by atoms with E-state index in [1.54, 1.807) is 0 Å². The van der Waals surface area contributed by atoms with Gasteiger partial charge in [0.05, 0.1) is 25.8 Å². The number of rotatable bonds is 1. The fourth-order valence-corrected chi connectivity index (χ4v) is 0.624. The van der Waals surface area contributed by atoms with E-state index in [0.717, 1.165) is 0 Å². The smallest absolute Gasteiger partial charge is 0.120 e. The van der Waals surface area contributed by atoms with Crippen LogP contribution < -0.4 is 5.11 Å². The molecule has 1 saturated heterocycles. The van der Waals surface area contributed by atoms with Crippen molar-refractivity contribution in [1.82, 2.24) is 0 Å². The van der Waals surface area contributed by atoms with E-state index in [2.05, 4.69) is 0 Å². The summed E-state index contributed by atoms with van der Waals surface area (Å²) in [5, 5.41) is 10.0. The van der Waals surface area contributed by atoms with E-state index in [1.807, 2.05) is 0 Å². The second-order valence-corrected chi connectivity index (χ2v) is 1.75. The summed E-state index contributed by atoms with van der Waals surface area (Å²) in [7, 11) is 0. The molecule has 0 spiro atoms. The quantitative estimate of drug-likeness (QED) is 0.419. The highest BCUT2D eigenvalue weighted by atomic mass is 16.6. The number of carbonyl (C=O) groups excluding carboxylic acids is 1. The van der Waals surface area contributed by atoms with Gasteiger partial charge in [0.2, 0.25) is 0 Å². The fraction of sp³-hybridized carbons (Fsp3) is 0.800. The van der Waals surface area contributed by atoms with Gasteiger partial charge in [0.25, 0.3) is 0 Å². The van der Waals surface area contributed by atoms with Crippen LogP contribution in [0.15, 0.2) is 0 Å². The lowest BCUT2D eigenvalue weighted by Crippen LogP contribution is -2.43. The summed E-state index contributed by atoms with van der Waals surface area (Å²) in [6, 6.07) is 0. The molecule has 0 amide bonds. The van der Waals surface area contributed by atoms with Crippen molar-refractivity contribution in [2.75, 3.05) is 19.8 Å². The summed E-state index contributed by atoms with van der Waals surface area (Å²) in [5.74, 6) is -1.20. The van der Waals surface area contributed by atoms with Crippen LogP contribution in [0, 0.1) is 0 Å². The Morgan fingerprint density at radius 2 is 2.33 bits per heavy atom. The van der Waals surface area contributed by atoms with Gasteiger partial charge in [0.1, 0.15) is 6.10 Å². The van der Waals surface area contributed by atoms with Gasteiger partial charge in [-0.15, -0.1) is 0 Å². The van der Waals surface area contributed by atoms with Crippen LogP contribution in [0.2, 0.25) is 0 Å². The van der Waals surface area contributed by atoms with Crippen molar-refractivity contribution >= 4 is 5.97 Å². The normalized spacial score (nSPS) is 27.8. The topological polar surface area (TPSA) is 58.6 Å². The summed E-state index contributed by atoms with van der Waals surface area (Å²) >= 11 is 0. The third-order valence-corrected chi connectivity index (χ3v) is 1.08. The highest BCUT2D eigenvalue weighted by Gasteiger charge is 2.14. The van der Waals surface area contributed by atoms with Crippen LogP contribution >= 0.6 is 0 Å². The SMILES string of the molecule is O=C([O-])C1COCCO1. The molecule has 0 N–H and O–H groups in total. The summed E-state index contributed by atoms with van der Waals surface area (Å²) in [6.45, 7) is 0.935. The third-order valence-electron chi connectivity index (χ3n) is 1.08. The predicted molar refractivity (Wildman–Crippen MR) is 25.6 cm³/mol. The lowest BCUT2D eigenvalue weighted by atomic mass is 10.4. The molecule has 1 unspecified atom stereocenters. The summed E-state index contributed by atoms with van der Waals surface area (Å²) in [4.78, 5) is 10.0. The lowest BCUT2D eigenvalue weighted by Gasteiger charge is -2.23. The average molecular weight is 131 g/mol. The van der Waals surface area contributed by atoms with Crippen molar-refractivity contribution in [2.45, 2.75) is 6.10 Å². The van der Waals surface area contributed by atoms with Crippen molar-refractivity contribution in [3.63, 3.8) is 0 Å². The van der Waals surface area contributed by atoms with Crippen molar-refractivity contribution in [2.24, 2.45) is 0 Å². The first-order chi connectivity index (χ1) is 4.30. The molecule has 1 rings (SSSR count). The Hall–Kier alpha value is -0.610. The van der Waals surface area contributed by atoms with Crippen LogP contribution in [-0.4, -0.2) is 31.9 Å².